The maximum absolute atomic E-state index is 7.41. The van der Waals surface area contributed by atoms with E-state index in [1.54, 1.807) is 0 Å². The monoisotopic (exact) mass is 142 g/mol. The maximum atomic E-state index is 7.41. The molecule has 1 N–H and O–H groups in total. The van der Waals surface area contributed by atoms with Crippen molar-refractivity contribution in [1.29, 1.82) is 5.41 Å². The second kappa shape index (κ2) is 4.31. The molecule has 0 atom stereocenters. The molecule has 10 heavy (non-hydrogen) atoms. The van der Waals surface area contributed by atoms with Gasteiger partial charge in [-0.2, -0.15) is 0 Å². The van der Waals surface area contributed by atoms with Gasteiger partial charge >= 0.3 is 0 Å². The fourth-order valence-corrected chi connectivity index (χ4v) is 1.05. The molecule has 0 aliphatic carbocycles. The minimum Gasteiger partial charge on any atom is -0.358 e. The van der Waals surface area contributed by atoms with Crippen LogP contribution < -0.4 is 0 Å². The highest BCUT2D eigenvalue weighted by Gasteiger charge is 2.06. The maximum Gasteiger partial charge on any atom is 0.0928 e. The van der Waals surface area contributed by atoms with E-state index in [1.807, 2.05) is 6.92 Å². The van der Waals surface area contributed by atoms with Crippen LogP contribution in [0.25, 0.3) is 0 Å². The van der Waals surface area contributed by atoms with E-state index in [2.05, 4.69) is 25.7 Å². The zero-order chi connectivity index (χ0) is 8.15. The standard InChI is InChI=1S/C8H18N2/c1-5-6-10(7(2)3)8(4)9/h7,9H,5-6H2,1-4H3. The molecule has 0 spiro atoms. The molecule has 0 aliphatic rings. The zero-order valence-corrected chi connectivity index (χ0v) is 7.44. The molecule has 60 valence electrons. The van der Waals surface area contributed by atoms with Crippen molar-refractivity contribution in [2.24, 2.45) is 0 Å². The Labute approximate surface area is 63.7 Å². The summed E-state index contributed by atoms with van der Waals surface area (Å²) in [5.74, 6) is 0.678. The van der Waals surface area contributed by atoms with E-state index in [9.17, 15) is 0 Å². The molecule has 0 aromatic heterocycles. The van der Waals surface area contributed by atoms with Crippen LogP contribution in [-0.4, -0.2) is 23.3 Å². The zero-order valence-electron chi connectivity index (χ0n) is 7.44. The van der Waals surface area contributed by atoms with E-state index in [1.165, 1.54) is 0 Å². The molecule has 2 heteroatoms. The summed E-state index contributed by atoms with van der Waals surface area (Å²) < 4.78 is 0. The summed E-state index contributed by atoms with van der Waals surface area (Å²) in [4.78, 5) is 2.10. The Morgan fingerprint density at radius 1 is 1.50 bits per heavy atom. The predicted molar refractivity (Wildman–Crippen MR) is 45.5 cm³/mol. The Hall–Kier alpha value is -0.530. The summed E-state index contributed by atoms with van der Waals surface area (Å²) >= 11 is 0. The van der Waals surface area contributed by atoms with Crippen molar-refractivity contribution in [3.8, 4) is 0 Å². The van der Waals surface area contributed by atoms with E-state index in [4.69, 9.17) is 5.41 Å². The minimum atomic E-state index is 0.470. The van der Waals surface area contributed by atoms with Crippen LogP contribution in [0.1, 0.15) is 34.1 Å². The van der Waals surface area contributed by atoms with Crippen LogP contribution in [0.3, 0.4) is 0 Å². The molecule has 0 radical (unpaired) electrons. The van der Waals surface area contributed by atoms with Crippen LogP contribution in [0.2, 0.25) is 0 Å². The molecule has 0 saturated carbocycles. The molecular weight excluding hydrogens is 124 g/mol. The van der Waals surface area contributed by atoms with Gasteiger partial charge in [-0.15, -0.1) is 0 Å². The second-order valence-corrected chi connectivity index (χ2v) is 2.87. The van der Waals surface area contributed by atoms with Crippen LogP contribution >= 0.6 is 0 Å². The van der Waals surface area contributed by atoms with Gasteiger partial charge in [0, 0.05) is 12.6 Å². The summed E-state index contributed by atoms with van der Waals surface area (Å²) in [6, 6.07) is 0.470. The van der Waals surface area contributed by atoms with E-state index < -0.39 is 0 Å². The molecule has 0 aromatic carbocycles. The molecule has 0 aliphatic heterocycles. The van der Waals surface area contributed by atoms with Crippen molar-refractivity contribution in [2.45, 2.75) is 40.2 Å². The first-order chi connectivity index (χ1) is 4.59. The number of hydrogen-bond donors (Lipinski definition) is 1. The Morgan fingerprint density at radius 2 is 2.00 bits per heavy atom. The molecule has 0 bridgehead atoms. The number of rotatable bonds is 3. The quantitative estimate of drug-likeness (QED) is 0.474. The molecule has 0 unspecified atom stereocenters. The van der Waals surface area contributed by atoms with Crippen LogP contribution in [0.5, 0.6) is 0 Å². The lowest BCUT2D eigenvalue weighted by atomic mass is 10.3. The SMILES string of the molecule is CCCN(C(C)=N)C(C)C. The summed E-state index contributed by atoms with van der Waals surface area (Å²) in [6.45, 7) is 9.22. The topological polar surface area (TPSA) is 27.1 Å². The highest BCUT2D eigenvalue weighted by Crippen LogP contribution is 1.99. The third kappa shape index (κ3) is 2.85. The Bertz CT molecular complexity index is 108. The van der Waals surface area contributed by atoms with Crippen LogP contribution in [0, 0.1) is 5.41 Å². The molecule has 0 heterocycles. The van der Waals surface area contributed by atoms with Gasteiger partial charge in [-0.25, -0.2) is 0 Å². The van der Waals surface area contributed by atoms with Gasteiger partial charge in [0.2, 0.25) is 0 Å². The van der Waals surface area contributed by atoms with Crippen molar-refractivity contribution in [3.05, 3.63) is 0 Å². The smallest absolute Gasteiger partial charge is 0.0928 e. The van der Waals surface area contributed by atoms with E-state index in [0.29, 0.717) is 11.9 Å². The van der Waals surface area contributed by atoms with Crippen molar-refractivity contribution in [1.82, 2.24) is 4.90 Å². The lowest BCUT2D eigenvalue weighted by Crippen LogP contribution is -2.35. The highest BCUT2D eigenvalue weighted by atomic mass is 15.2. The van der Waals surface area contributed by atoms with Crippen molar-refractivity contribution in [2.75, 3.05) is 6.54 Å². The molecule has 0 fully saturated rings. The van der Waals surface area contributed by atoms with Gasteiger partial charge in [-0.3, -0.25) is 5.41 Å². The first-order valence-electron chi connectivity index (χ1n) is 3.91. The fraction of sp³-hybridized carbons (Fsp3) is 0.875. The third-order valence-corrected chi connectivity index (χ3v) is 1.52. The first-order valence-corrected chi connectivity index (χ1v) is 3.91. The Morgan fingerprint density at radius 3 is 2.10 bits per heavy atom. The first kappa shape index (κ1) is 9.47. The summed E-state index contributed by atoms with van der Waals surface area (Å²) in [5, 5.41) is 7.41. The minimum absolute atomic E-state index is 0.470. The van der Waals surface area contributed by atoms with Crippen LogP contribution in [0.4, 0.5) is 0 Å². The third-order valence-electron chi connectivity index (χ3n) is 1.52. The summed E-state index contributed by atoms with van der Waals surface area (Å²) in [5.41, 5.74) is 0. The lowest BCUT2D eigenvalue weighted by Gasteiger charge is -2.26. The van der Waals surface area contributed by atoms with Crippen LogP contribution in [0.15, 0.2) is 0 Å². The molecule has 0 amide bonds. The van der Waals surface area contributed by atoms with Crippen molar-refractivity contribution < 1.29 is 0 Å². The van der Waals surface area contributed by atoms with Gasteiger partial charge in [-0.05, 0) is 27.2 Å². The number of nitrogens with one attached hydrogen (secondary N) is 1. The van der Waals surface area contributed by atoms with E-state index in [-0.39, 0.29) is 0 Å². The summed E-state index contributed by atoms with van der Waals surface area (Å²) in [7, 11) is 0. The van der Waals surface area contributed by atoms with Crippen molar-refractivity contribution >= 4 is 5.84 Å². The molecule has 0 aromatic rings. The van der Waals surface area contributed by atoms with Gasteiger partial charge in [0.1, 0.15) is 0 Å². The second-order valence-electron chi connectivity index (χ2n) is 2.87. The van der Waals surface area contributed by atoms with Gasteiger partial charge in [0.15, 0.2) is 0 Å². The number of nitrogens with zero attached hydrogens (tertiary/aromatic N) is 1. The van der Waals surface area contributed by atoms with Crippen LogP contribution in [-0.2, 0) is 0 Å². The molecule has 2 nitrogen and oxygen atoms in total. The van der Waals surface area contributed by atoms with Gasteiger partial charge in [0.05, 0.1) is 5.84 Å². The average Bonchev–Trinajstić information content (AvgIpc) is 1.81. The molecular formula is C8H18N2. The average molecular weight is 142 g/mol. The van der Waals surface area contributed by atoms with Gasteiger partial charge < -0.3 is 4.90 Å². The number of hydrogen-bond acceptors (Lipinski definition) is 1. The summed E-state index contributed by atoms with van der Waals surface area (Å²) in [6.07, 6.45) is 1.12. The highest BCUT2D eigenvalue weighted by molar-refractivity contribution is 5.76. The normalized spacial score (nSPS) is 10.1. The van der Waals surface area contributed by atoms with E-state index in [0.717, 1.165) is 13.0 Å². The fourth-order valence-electron chi connectivity index (χ4n) is 1.05. The predicted octanol–water partition coefficient (Wildman–Crippen LogP) is 2.10. The molecule has 0 saturated heterocycles. The Balaban J connectivity index is 3.85. The molecule has 0 rings (SSSR count). The van der Waals surface area contributed by atoms with Crippen molar-refractivity contribution in [3.63, 3.8) is 0 Å². The van der Waals surface area contributed by atoms with Gasteiger partial charge in [-0.1, -0.05) is 6.92 Å². The number of amidine groups is 1. The van der Waals surface area contributed by atoms with E-state index >= 15 is 0 Å². The largest absolute Gasteiger partial charge is 0.358 e. The Kier molecular flexibility index (Phi) is 4.08. The van der Waals surface area contributed by atoms with Gasteiger partial charge in [0.25, 0.3) is 0 Å². The lowest BCUT2D eigenvalue weighted by molar-refractivity contribution is 0.345.